The standard InChI is InChI=1S/C18H22N4O2/c1-20-8-6-13-10-22(11-14(13)18(20)24)17(23)7-9-21-12-19-15-4-2-3-5-16(15)21/h2-5,12-14H,6-11H2,1H3/t13-,14+/m1/s1. The highest BCUT2D eigenvalue weighted by molar-refractivity contribution is 5.83. The molecular formula is C18H22N4O2. The lowest BCUT2D eigenvalue weighted by Gasteiger charge is -2.30. The number of para-hydroxylation sites is 2. The van der Waals surface area contributed by atoms with Gasteiger partial charge in [0.2, 0.25) is 11.8 Å². The Labute approximate surface area is 141 Å². The second-order valence-electron chi connectivity index (χ2n) is 6.89. The van der Waals surface area contributed by atoms with Gasteiger partial charge in [-0.3, -0.25) is 9.59 Å². The average Bonchev–Trinajstić information content (AvgIpc) is 3.21. The van der Waals surface area contributed by atoms with Gasteiger partial charge in [0.1, 0.15) is 0 Å². The second-order valence-corrected chi connectivity index (χ2v) is 6.89. The van der Waals surface area contributed by atoms with Gasteiger partial charge in [-0.15, -0.1) is 0 Å². The van der Waals surface area contributed by atoms with Gasteiger partial charge >= 0.3 is 0 Å². The van der Waals surface area contributed by atoms with Crippen molar-refractivity contribution in [2.45, 2.75) is 19.4 Å². The molecule has 2 amide bonds. The Bertz CT molecular complexity index is 784. The summed E-state index contributed by atoms with van der Waals surface area (Å²) in [7, 11) is 1.85. The number of imidazole rings is 1. The first-order valence-electron chi connectivity index (χ1n) is 8.56. The first-order valence-corrected chi connectivity index (χ1v) is 8.56. The molecule has 0 radical (unpaired) electrons. The smallest absolute Gasteiger partial charge is 0.227 e. The van der Waals surface area contributed by atoms with E-state index in [-0.39, 0.29) is 17.7 Å². The fourth-order valence-electron chi connectivity index (χ4n) is 3.96. The number of amides is 2. The number of aryl methyl sites for hydroxylation is 1. The van der Waals surface area contributed by atoms with Crippen LogP contribution >= 0.6 is 0 Å². The maximum atomic E-state index is 12.6. The van der Waals surface area contributed by atoms with Crippen LogP contribution < -0.4 is 0 Å². The van der Waals surface area contributed by atoms with E-state index in [4.69, 9.17) is 0 Å². The monoisotopic (exact) mass is 326 g/mol. The topological polar surface area (TPSA) is 58.4 Å². The molecule has 3 heterocycles. The van der Waals surface area contributed by atoms with Crippen LogP contribution in [0.4, 0.5) is 0 Å². The van der Waals surface area contributed by atoms with Crippen molar-refractivity contribution >= 4 is 22.8 Å². The zero-order valence-electron chi connectivity index (χ0n) is 13.9. The number of carbonyl (C=O) groups excluding carboxylic acids is 2. The van der Waals surface area contributed by atoms with Crippen LogP contribution in [0.1, 0.15) is 12.8 Å². The van der Waals surface area contributed by atoms with Gasteiger partial charge in [-0.2, -0.15) is 0 Å². The van der Waals surface area contributed by atoms with E-state index in [1.54, 1.807) is 11.2 Å². The lowest BCUT2D eigenvalue weighted by Crippen LogP contribution is -2.42. The molecule has 2 saturated heterocycles. The molecule has 2 fully saturated rings. The molecule has 2 aliphatic heterocycles. The number of likely N-dealkylation sites (tertiary alicyclic amines) is 2. The molecular weight excluding hydrogens is 304 g/mol. The molecule has 0 saturated carbocycles. The maximum absolute atomic E-state index is 12.6. The summed E-state index contributed by atoms with van der Waals surface area (Å²) in [5, 5.41) is 0. The number of carbonyl (C=O) groups is 2. The van der Waals surface area contributed by atoms with Gasteiger partial charge in [-0.25, -0.2) is 4.98 Å². The molecule has 0 aliphatic carbocycles. The van der Waals surface area contributed by atoms with Gasteiger partial charge in [0.15, 0.2) is 0 Å². The summed E-state index contributed by atoms with van der Waals surface area (Å²) in [5.41, 5.74) is 2.00. The average molecular weight is 326 g/mol. The highest BCUT2D eigenvalue weighted by atomic mass is 16.2. The van der Waals surface area contributed by atoms with Crippen molar-refractivity contribution in [1.29, 1.82) is 0 Å². The number of rotatable bonds is 3. The van der Waals surface area contributed by atoms with Gasteiger partial charge in [-0.1, -0.05) is 12.1 Å². The van der Waals surface area contributed by atoms with Crippen LogP contribution in [0.15, 0.2) is 30.6 Å². The molecule has 0 spiro atoms. The third-order valence-corrected chi connectivity index (χ3v) is 5.42. The lowest BCUT2D eigenvalue weighted by molar-refractivity contribution is -0.138. The molecule has 2 aliphatic rings. The van der Waals surface area contributed by atoms with E-state index in [0.29, 0.717) is 25.4 Å². The highest BCUT2D eigenvalue weighted by Crippen LogP contribution is 2.31. The van der Waals surface area contributed by atoms with Crippen LogP contribution in [0.5, 0.6) is 0 Å². The van der Waals surface area contributed by atoms with Crippen molar-refractivity contribution in [1.82, 2.24) is 19.4 Å². The van der Waals surface area contributed by atoms with Crippen LogP contribution in [-0.2, 0) is 16.1 Å². The fourth-order valence-corrected chi connectivity index (χ4v) is 3.96. The fraction of sp³-hybridized carbons (Fsp3) is 0.500. The third kappa shape index (κ3) is 2.56. The van der Waals surface area contributed by atoms with Crippen molar-refractivity contribution in [3.8, 4) is 0 Å². The maximum Gasteiger partial charge on any atom is 0.227 e. The SMILES string of the molecule is CN1CC[C@@H]2CN(C(=O)CCn3cnc4ccccc43)C[C@@H]2C1=O. The highest BCUT2D eigenvalue weighted by Gasteiger charge is 2.42. The molecule has 6 heteroatoms. The molecule has 24 heavy (non-hydrogen) atoms. The Morgan fingerprint density at radius 1 is 1.29 bits per heavy atom. The van der Waals surface area contributed by atoms with E-state index < -0.39 is 0 Å². The summed E-state index contributed by atoms with van der Waals surface area (Å²) >= 11 is 0. The molecule has 6 nitrogen and oxygen atoms in total. The minimum Gasteiger partial charge on any atom is -0.345 e. The minimum absolute atomic E-state index is 0.00164. The van der Waals surface area contributed by atoms with Crippen LogP contribution in [0, 0.1) is 11.8 Å². The molecule has 0 N–H and O–H groups in total. The van der Waals surface area contributed by atoms with Crippen LogP contribution in [0.25, 0.3) is 11.0 Å². The molecule has 2 atom stereocenters. The van der Waals surface area contributed by atoms with Crippen LogP contribution in [0.3, 0.4) is 0 Å². The summed E-state index contributed by atoms with van der Waals surface area (Å²) in [6, 6.07) is 7.94. The van der Waals surface area contributed by atoms with Crippen molar-refractivity contribution in [2.75, 3.05) is 26.7 Å². The van der Waals surface area contributed by atoms with Crippen LogP contribution in [0.2, 0.25) is 0 Å². The number of piperidine rings is 1. The van der Waals surface area contributed by atoms with Gasteiger partial charge in [0, 0.05) is 39.6 Å². The predicted octanol–water partition coefficient (Wildman–Crippen LogP) is 1.36. The molecule has 0 unspecified atom stereocenters. The van der Waals surface area contributed by atoms with Gasteiger partial charge in [0.05, 0.1) is 23.3 Å². The molecule has 0 bridgehead atoms. The number of aromatic nitrogens is 2. The summed E-state index contributed by atoms with van der Waals surface area (Å²) in [5.74, 6) is 0.674. The first-order chi connectivity index (χ1) is 11.6. The number of nitrogens with zero attached hydrogens (tertiary/aromatic N) is 4. The molecule has 1 aromatic heterocycles. The number of fused-ring (bicyclic) bond motifs is 2. The van der Waals surface area contributed by atoms with Gasteiger partial charge in [-0.05, 0) is 24.5 Å². The Hall–Kier alpha value is -2.37. The number of benzene rings is 1. The predicted molar refractivity (Wildman–Crippen MR) is 90.2 cm³/mol. The zero-order chi connectivity index (χ0) is 16.7. The number of hydrogen-bond acceptors (Lipinski definition) is 3. The van der Waals surface area contributed by atoms with E-state index in [9.17, 15) is 9.59 Å². The van der Waals surface area contributed by atoms with E-state index >= 15 is 0 Å². The zero-order valence-corrected chi connectivity index (χ0v) is 13.9. The molecule has 126 valence electrons. The van der Waals surface area contributed by atoms with Gasteiger partial charge < -0.3 is 14.4 Å². The van der Waals surface area contributed by atoms with Crippen LogP contribution in [-0.4, -0.2) is 57.8 Å². The normalized spacial score (nSPS) is 23.8. The Morgan fingerprint density at radius 2 is 2.12 bits per heavy atom. The number of hydrogen-bond donors (Lipinski definition) is 0. The van der Waals surface area contributed by atoms with E-state index in [2.05, 4.69) is 4.98 Å². The Kier molecular flexibility index (Phi) is 3.75. The van der Waals surface area contributed by atoms with Crippen molar-refractivity contribution < 1.29 is 9.59 Å². The second kappa shape index (κ2) is 5.92. The quantitative estimate of drug-likeness (QED) is 0.856. The van der Waals surface area contributed by atoms with Crippen molar-refractivity contribution in [3.63, 3.8) is 0 Å². The molecule has 2 aromatic rings. The summed E-state index contributed by atoms with van der Waals surface area (Å²) in [6.45, 7) is 2.74. The summed E-state index contributed by atoms with van der Waals surface area (Å²) in [4.78, 5) is 32.9. The van der Waals surface area contributed by atoms with Gasteiger partial charge in [0.25, 0.3) is 0 Å². The first kappa shape index (κ1) is 15.2. The van der Waals surface area contributed by atoms with E-state index in [0.717, 1.165) is 30.5 Å². The summed E-state index contributed by atoms with van der Waals surface area (Å²) in [6.07, 6.45) is 3.24. The Balaban J connectivity index is 1.39. The summed E-state index contributed by atoms with van der Waals surface area (Å²) < 4.78 is 2.02. The third-order valence-electron chi connectivity index (χ3n) is 5.42. The Morgan fingerprint density at radius 3 is 3.00 bits per heavy atom. The van der Waals surface area contributed by atoms with Crippen molar-refractivity contribution in [2.24, 2.45) is 11.8 Å². The minimum atomic E-state index is 0.00164. The largest absolute Gasteiger partial charge is 0.345 e. The lowest BCUT2D eigenvalue weighted by atomic mass is 9.88. The van der Waals surface area contributed by atoms with E-state index in [1.165, 1.54) is 0 Å². The molecule has 1 aromatic carbocycles. The molecule has 4 rings (SSSR count). The van der Waals surface area contributed by atoms with Crippen molar-refractivity contribution in [3.05, 3.63) is 30.6 Å². The van der Waals surface area contributed by atoms with E-state index in [1.807, 2.05) is 40.8 Å².